The highest BCUT2D eigenvalue weighted by atomic mass is 19.4. The molecule has 1 aliphatic rings. The lowest BCUT2D eigenvalue weighted by molar-refractivity contribution is -0.137. The van der Waals surface area contributed by atoms with Gasteiger partial charge in [0.1, 0.15) is 5.75 Å². The molecule has 0 spiro atoms. The maximum absolute atomic E-state index is 13.1. The molecule has 1 saturated carbocycles. The molecule has 0 unspecified atom stereocenters. The molecule has 0 radical (unpaired) electrons. The van der Waals surface area contributed by atoms with Crippen LogP contribution < -0.4 is 10.1 Å². The van der Waals surface area contributed by atoms with Gasteiger partial charge < -0.3 is 10.1 Å². The Labute approximate surface area is 179 Å². The van der Waals surface area contributed by atoms with Gasteiger partial charge in [0.2, 0.25) is 0 Å². The Bertz CT molecular complexity index is 958. The van der Waals surface area contributed by atoms with Crippen molar-refractivity contribution in [1.29, 1.82) is 5.26 Å². The SMILES string of the molecule is CC(C)c1ccc(C(=O)N[C@H]2CC[C@H](Oc3ccc(C#N)c(C(F)(F)F)c3)CC2)cn1. The number of halogens is 3. The number of hydrogen-bond acceptors (Lipinski definition) is 4. The molecule has 31 heavy (non-hydrogen) atoms. The fourth-order valence-corrected chi connectivity index (χ4v) is 3.60. The molecule has 0 aliphatic heterocycles. The molecule has 0 atom stereocenters. The minimum Gasteiger partial charge on any atom is -0.490 e. The van der Waals surface area contributed by atoms with Gasteiger partial charge in [0.15, 0.2) is 0 Å². The minimum absolute atomic E-state index is 0.0242. The van der Waals surface area contributed by atoms with E-state index in [4.69, 9.17) is 10.00 Å². The number of carbonyl (C=O) groups excluding carboxylic acids is 1. The molecular weight excluding hydrogens is 407 g/mol. The van der Waals surface area contributed by atoms with E-state index in [0.717, 1.165) is 17.8 Å². The van der Waals surface area contributed by atoms with Crippen molar-refractivity contribution >= 4 is 5.91 Å². The summed E-state index contributed by atoms with van der Waals surface area (Å²) in [6.45, 7) is 4.06. The fraction of sp³-hybridized carbons (Fsp3) is 0.435. The Morgan fingerprint density at radius 2 is 1.90 bits per heavy atom. The van der Waals surface area contributed by atoms with Crippen LogP contribution in [0.3, 0.4) is 0 Å². The summed E-state index contributed by atoms with van der Waals surface area (Å²) < 4.78 is 45.1. The van der Waals surface area contributed by atoms with E-state index in [1.807, 2.05) is 19.9 Å². The van der Waals surface area contributed by atoms with E-state index < -0.39 is 17.3 Å². The Kier molecular flexibility index (Phi) is 6.84. The number of carbonyl (C=O) groups is 1. The van der Waals surface area contributed by atoms with Crippen LogP contribution in [0.4, 0.5) is 13.2 Å². The molecule has 3 rings (SSSR count). The Morgan fingerprint density at radius 1 is 1.19 bits per heavy atom. The zero-order chi connectivity index (χ0) is 22.6. The lowest BCUT2D eigenvalue weighted by atomic mass is 9.92. The van der Waals surface area contributed by atoms with E-state index in [9.17, 15) is 18.0 Å². The third kappa shape index (κ3) is 5.75. The molecule has 8 heteroatoms. The molecule has 1 amide bonds. The van der Waals surface area contributed by atoms with Crippen LogP contribution in [-0.2, 0) is 6.18 Å². The molecule has 2 aromatic rings. The summed E-state index contributed by atoms with van der Waals surface area (Å²) in [5.74, 6) is 0.194. The van der Waals surface area contributed by atoms with Crippen molar-refractivity contribution in [3.05, 3.63) is 58.9 Å². The molecule has 1 fully saturated rings. The standard InChI is InChI=1S/C23H24F3N3O2/c1-14(2)21-10-4-16(13-28-21)22(30)29-17-5-8-18(9-6-17)31-19-7-3-15(12-27)20(11-19)23(24,25)26/h3-4,7,10-11,13-14,17-18H,5-6,8-9H2,1-2H3,(H,29,30)/t17-,18-. The highest BCUT2D eigenvalue weighted by molar-refractivity contribution is 5.94. The minimum atomic E-state index is -4.62. The largest absolute Gasteiger partial charge is 0.490 e. The highest BCUT2D eigenvalue weighted by Crippen LogP contribution is 2.35. The van der Waals surface area contributed by atoms with E-state index in [2.05, 4.69) is 10.3 Å². The van der Waals surface area contributed by atoms with Gasteiger partial charge in [0, 0.05) is 17.9 Å². The van der Waals surface area contributed by atoms with Gasteiger partial charge in [-0.2, -0.15) is 18.4 Å². The van der Waals surface area contributed by atoms with Gasteiger partial charge in [-0.3, -0.25) is 9.78 Å². The van der Waals surface area contributed by atoms with Gasteiger partial charge in [0.25, 0.3) is 5.91 Å². The highest BCUT2D eigenvalue weighted by Gasteiger charge is 2.34. The predicted octanol–water partition coefficient (Wildman–Crippen LogP) is 5.22. The van der Waals surface area contributed by atoms with Crippen molar-refractivity contribution < 1.29 is 22.7 Å². The number of rotatable bonds is 5. The van der Waals surface area contributed by atoms with Gasteiger partial charge in [-0.15, -0.1) is 0 Å². The first kappa shape index (κ1) is 22.6. The Balaban J connectivity index is 1.54. The second-order valence-electron chi connectivity index (χ2n) is 8.01. The summed E-state index contributed by atoms with van der Waals surface area (Å²) >= 11 is 0. The van der Waals surface area contributed by atoms with E-state index in [-0.39, 0.29) is 29.7 Å². The van der Waals surface area contributed by atoms with Crippen LogP contribution >= 0.6 is 0 Å². The van der Waals surface area contributed by atoms with Crippen LogP contribution in [0.25, 0.3) is 0 Å². The molecule has 0 bridgehead atoms. The average Bonchev–Trinajstić information content (AvgIpc) is 2.74. The molecular formula is C23H24F3N3O2. The van der Waals surface area contributed by atoms with Crippen molar-refractivity contribution in [1.82, 2.24) is 10.3 Å². The Hall–Kier alpha value is -3.08. The number of pyridine rings is 1. The van der Waals surface area contributed by atoms with Gasteiger partial charge in [-0.05, 0) is 61.9 Å². The van der Waals surface area contributed by atoms with Crippen LogP contribution in [-0.4, -0.2) is 23.0 Å². The molecule has 0 saturated heterocycles. The summed E-state index contributed by atoms with van der Waals surface area (Å²) in [4.78, 5) is 16.8. The topological polar surface area (TPSA) is 75.0 Å². The normalized spacial score (nSPS) is 19.0. The van der Waals surface area contributed by atoms with Crippen molar-refractivity contribution in [2.75, 3.05) is 0 Å². The first-order valence-corrected chi connectivity index (χ1v) is 10.2. The molecule has 1 N–H and O–H groups in total. The van der Waals surface area contributed by atoms with Gasteiger partial charge in [-0.1, -0.05) is 13.8 Å². The summed E-state index contributed by atoms with van der Waals surface area (Å²) in [5, 5.41) is 11.9. The summed E-state index contributed by atoms with van der Waals surface area (Å²) in [6, 6.07) is 8.53. The average molecular weight is 431 g/mol. The number of nitrogens with zero attached hydrogens (tertiary/aromatic N) is 2. The van der Waals surface area contributed by atoms with Crippen LogP contribution in [0, 0.1) is 11.3 Å². The summed E-state index contributed by atoms with van der Waals surface area (Å²) in [7, 11) is 0. The lowest BCUT2D eigenvalue weighted by Crippen LogP contribution is -2.39. The number of alkyl halides is 3. The number of benzene rings is 1. The molecule has 164 valence electrons. The zero-order valence-electron chi connectivity index (χ0n) is 17.4. The monoisotopic (exact) mass is 431 g/mol. The second kappa shape index (κ2) is 9.38. The first-order chi connectivity index (χ1) is 14.7. The van der Waals surface area contributed by atoms with Crippen molar-refractivity contribution in [2.24, 2.45) is 0 Å². The molecule has 1 heterocycles. The lowest BCUT2D eigenvalue weighted by Gasteiger charge is -2.29. The number of nitrogens with one attached hydrogen (secondary N) is 1. The van der Waals surface area contributed by atoms with E-state index in [1.165, 1.54) is 6.07 Å². The molecule has 1 aromatic heterocycles. The maximum Gasteiger partial charge on any atom is 0.417 e. The number of amides is 1. The molecule has 5 nitrogen and oxygen atoms in total. The third-order valence-electron chi connectivity index (χ3n) is 5.37. The quantitative estimate of drug-likeness (QED) is 0.705. The van der Waals surface area contributed by atoms with Crippen LogP contribution in [0.1, 0.15) is 72.6 Å². The number of nitriles is 1. The van der Waals surface area contributed by atoms with Gasteiger partial charge in [-0.25, -0.2) is 0 Å². The van der Waals surface area contributed by atoms with Crippen LogP contribution in [0.5, 0.6) is 5.75 Å². The van der Waals surface area contributed by atoms with Gasteiger partial charge in [0.05, 0.1) is 28.9 Å². The van der Waals surface area contributed by atoms with Crippen LogP contribution in [0.2, 0.25) is 0 Å². The van der Waals surface area contributed by atoms with E-state index >= 15 is 0 Å². The Morgan fingerprint density at radius 3 is 2.45 bits per heavy atom. The van der Waals surface area contributed by atoms with Crippen molar-refractivity contribution in [3.63, 3.8) is 0 Å². The smallest absolute Gasteiger partial charge is 0.417 e. The summed E-state index contributed by atoms with van der Waals surface area (Å²) in [5.41, 5.74) is -0.00143. The number of ether oxygens (including phenoxy) is 1. The van der Waals surface area contributed by atoms with E-state index in [1.54, 1.807) is 18.3 Å². The number of aromatic nitrogens is 1. The van der Waals surface area contributed by atoms with Crippen LogP contribution in [0.15, 0.2) is 36.5 Å². The summed E-state index contributed by atoms with van der Waals surface area (Å²) in [6.07, 6.45) is -0.744. The maximum atomic E-state index is 13.1. The zero-order valence-corrected chi connectivity index (χ0v) is 17.4. The van der Waals surface area contributed by atoms with Gasteiger partial charge >= 0.3 is 6.18 Å². The molecule has 1 aromatic carbocycles. The predicted molar refractivity (Wildman–Crippen MR) is 109 cm³/mol. The third-order valence-corrected chi connectivity index (χ3v) is 5.37. The second-order valence-corrected chi connectivity index (χ2v) is 8.01. The molecule has 1 aliphatic carbocycles. The number of hydrogen-bond donors (Lipinski definition) is 1. The van der Waals surface area contributed by atoms with E-state index in [0.29, 0.717) is 31.2 Å². The van der Waals surface area contributed by atoms with Crippen molar-refractivity contribution in [3.8, 4) is 11.8 Å². The van der Waals surface area contributed by atoms with Crippen molar-refractivity contribution in [2.45, 2.75) is 63.8 Å². The fourth-order valence-electron chi connectivity index (χ4n) is 3.60. The first-order valence-electron chi connectivity index (χ1n) is 10.2.